The maximum absolute atomic E-state index is 12.3. The Morgan fingerprint density at radius 3 is 2.45 bits per heavy atom. The van der Waals surface area contributed by atoms with Crippen molar-refractivity contribution in [1.82, 2.24) is 10.2 Å². The molecule has 0 bridgehead atoms. The number of rotatable bonds is 3. The van der Waals surface area contributed by atoms with Gasteiger partial charge < -0.3 is 10.6 Å². The average molecular weight is 281 g/mol. The molecule has 2 rings (SSSR count). The van der Waals surface area contributed by atoms with Crippen molar-refractivity contribution in [2.45, 2.75) is 45.1 Å². The fourth-order valence-electron chi connectivity index (χ4n) is 3.05. The van der Waals surface area contributed by atoms with E-state index in [1.54, 1.807) is 6.92 Å². The maximum Gasteiger partial charge on any atom is 0.249 e. The Balaban J connectivity index is 1.88. The molecule has 0 aromatic rings. The largest absolute Gasteiger partial charge is 0.330 e. The summed E-state index contributed by atoms with van der Waals surface area (Å²) in [6, 6.07) is -0.555. The van der Waals surface area contributed by atoms with E-state index in [9.17, 15) is 14.4 Å². The molecule has 1 saturated carbocycles. The minimum absolute atomic E-state index is 0.0100. The zero-order valence-corrected chi connectivity index (χ0v) is 11.9. The Kier molecular flexibility index (Phi) is 4.75. The first-order valence-electron chi connectivity index (χ1n) is 7.34. The Morgan fingerprint density at radius 1 is 1.25 bits per heavy atom. The molecule has 0 aromatic carbocycles. The highest BCUT2D eigenvalue weighted by Crippen LogP contribution is 2.30. The van der Waals surface area contributed by atoms with Crippen LogP contribution in [0, 0.1) is 11.8 Å². The highest BCUT2D eigenvalue weighted by Gasteiger charge is 2.34. The van der Waals surface area contributed by atoms with Crippen LogP contribution >= 0.6 is 0 Å². The van der Waals surface area contributed by atoms with Crippen molar-refractivity contribution < 1.29 is 14.4 Å². The molecule has 0 aromatic heterocycles. The van der Waals surface area contributed by atoms with Crippen molar-refractivity contribution in [3.8, 4) is 0 Å². The molecule has 3 amide bonds. The van der Waals surface area contributed by atoms with Gasteiger partial charge in [0.05, 0.1) is 0 Å². The van der Waals surface area contributed by atoms with Crippen LogP contribution in [0.2, 0.25) is 0 Å². The van der Waals surface area contributed by atoms with Crippen LogP contribution in [0.15, 0.2) is 0 Å². The SMILES string of the molecule is CC1C(=O)NC(=O)CN1C(=O)CC1CCC(CN)CC1. The van der Waals surface area contributed by atoms with Crippen molar-refractivity contribution in [2.24, 2.45) is 17.6 Å². The van der Waals surface area contributed by atoms with Gasteiger partial charge in [-0.2, -0.15) is 0 Å². The van der Waals surface area contributed by atoms with Crippen LogP contribution < -0.4 is 11.1 Å². The molecule has 0 spiro atoms. The minimum Gasteiger partial charge on any atom is -0.330 e. The molecule has 6 heteroatoms. The van der Waals surface area contributed by atoms with E-state index in [1.165, 1.54) is 4.90 Å². The van der Waals surface area contributed by atoms with Crippen LogP contribution in [-0.2, 0) is 14.4 Å². The Hall–Kier alpha value is -1.43. The first kappa shape index (κ1) is 15.0. The third kappa shape index (κ3) is 3.36. The summed E-state index contributed by atoms with van der Waals surface area (Å²) in [5.41, 5.74) is 5.66. The van der Waals surface area contributed by atoms with Crippen LogP contribution in [0.25, 0.3) is 0 Å². The Labute approximate surface area is 119 Å². The van der Waals surface area contributed by atoms with E-state index >= 15 is 0 Å². The zero-order chi connectivity index (χ0) is 14.7. The number of nitrogens with zero attached hydrogens (tertiary/aromatic N) is 1. The first-order valence-corrected chi connectivity index (χ1v) is 7.34. The van der Waals surface area contributed by atoms with Gasteiger partial charge in [0.25, 0.3) is 0 Å². The van der Waals surface area contributed by atoms with E-state index in [-0.39, 0.29) is 18.4 Å². The molecule has 0 radical (unpaired) electrons. The molecular weight excluding hydrogens is 258 g/mol. The molecule has 1 atom stereocenters. The molecule has 3 N–H and O–H groups in total. The van der Waals surface area contributed by atoms with Gasteiger partial charge in [0, 0.05) is 6.42 Å². The minimum atomic E-state index is -0.555. The normalized spacial score (nSPS) is 31.1. The van der Waals surface area contributed by atoms with Gasteiger partial charge in [-0.1, -0.05) is 0 Å². The molecule has 6 nitrogen and oxygen atoms in total. The van der Waals surface area contributed by atoms with Gasteiger partial charge in [0.2, 0.25) is 17.7 Å². The number of nitrogens with two attached hydrogens (primary N) is 1. The van der Waals surface area contributed by atoms with Crippen LogP contribution in [0.1, 0.15) is 39.0 Å². The lowest BCUT2D eigenvalue weighted by Crippen LogP contribution is -2.58. The second kappa shape index (κ2) is 6.35. The number of amides is 3. The fraction of sp³-hybridized carbons (Fsp3) is 0.786. The topological polar surface area (TPSA) is 92.5 Å². The van der Waals surface area contributed by atoms with E-state index < -0.39 is 11.9 Å². The quantitative estimate of drug-likeness (QED) is 0.713. The molecule has 1 aliphatic heterocycles. The van der Waals surface area contributed by atoms with Gasteiger partial charge in [-0.15, -0.1) is 0 Å². The van der Waals surface area contributed by atoms with Crippen molar-refractivity contribution in [2.75, 3.05) is 13.1 Å². The lowest BCUT2D eigenvalue weighted by molar-refractivity contribution is -0.150. The molecular formula is C14H23N3O3. The predicted molar refractivity (Wildman–Crippen MR) is 73.4 cm³/mol. The standard InChI is InChI=1S/C14H23N3O3/c1-9-14(20)16-12(18)8-17(9)13(19)6-10-2-4-11(7-15)5-3-10/h9-11H,2-8,15H2,1H3,(H,16,18,20). The van der Waals surface area contributed by atoms with Gasteiger partial charge in [0.1, 0.15) is 12.6 Å². The highest BCUT2D eigenvalue weighted by molar-refractivity contribution is 6.04. The van der Waals surface area contributed by atoms with Crippen LogP contribution in [0.5, 0.6) is 0 Å². The summed E-state index contributed by atoms with van der Waals surface area (Å²) in [4.78, 5) is 36.6. The molecule has 1 saturated heterocycles. The summed E-state index contributed by atoms with van der Waals surface area (Å²) in [5, 5.41) is 2.25. The molecule has 2 fully saturated rings. The van der Waals surface area contributed by atoms with E-state index in [0.29, 0.717) is 18.3 Å². The van der Waals surface area contributed by atoms with E-state index in [1.807, 2.05) is 0 Å². The molecule has 20 heavy (non-hydrogen) atoms. The van der Waals surface area contributed by atoms with Crippen molar-refractivity contribution in [1.29, 1.82) is 0 Å². The number of hydrogen-bond donors (Lipinski definition) is 2. The van der Waals surface area contributed by atoms with Crippen molar-refractivity contribution in [3.05, 3.63) is 0 Å². The van der Waals surface area contributed by atoms with Crippen LogP contribution in [0.4, 0.5) is 0 Å². The maximum atomic E-state index is 12.3. The summed E-state index contributed by atoms with van der Waals surface area (Å²) >= 11 is 0. The van der Waals surface area contributed by atoms with Crippen molar-refractivity contribution in [3.63, 3.8) is 0 Å². The lowest BCUT2D eigenvalue weighted by atomic mass is 9.80. The number of hydrogen-bond acceptors (Lipinski definition) is 4. The lowest BCUT2D eigenvalue weighted by Gasteiger charge is -2.34. The summed E-state index contributed by atoms with van der Waals surface area (Å²) in [6.45, 7) is 2.37. The predicted octanol–water partition coefficient (Wildman–Crippen LogP) is 0.0151. The van der Waals surface area contributed by atoms with Gasteiger partial charge >= 0.3 is 0 Å². The molecule has 2 aliphatic rings. The Morgan fingerprint density at radius 2 is 1.85 bits per heavy atom. The Bertz CT molecular complexity index is 402. The number of carbonyl (C=O) groups is 3. The summed E-state index contributed by atoms with van der Waals surface area (Å²) < 4.78 is 0. The summed E-state index contributed by atoms with van der Waals surface area (Å²) in [6.07, 6.45) is 4.60. The molecule has 1 heterocycles. The first-order chi connectivity index (χ1) is 9.51. The summed E-state index contributed by atoms with van der Waals surface area (Å²) in [7, 11) is 0. The van der Waals surface area contributed by atoms with Crippen LogP contribution in [0.3, 0.4) is 0 Å². The molecule has 1 aliphatic carbocycles. The van der Waals surface area contributed by atoms with Crippen LogP contribution in [-0.4, -0.2) is 41.8 Å². The molecule has 1 unspecified atom stereocenters. The fourth-order valence-corrected chi connectivity index (χ4v) is 3.05. The number of piperazine rings is 1. The van der Waals surface area contributed by atoms with E-state index in [4.69, 9.17) is 5.73 Å². The zero-order valence-electron chi connectivity index (χ0n) is 11.9. The number of nitrogens with one attached hydrogen (secondary N) is 1. The second-order valence-electron chi connectivity index (χ2n) is 5.94. The third-order valence-corrected chi connectivity index (χ3v) is 4.51. The average Bonchev–Trinajstić information content (AvgIpc) is 2.43. The van der Waals surface area contributed by atoms with E-state index in [0.717, 1.165) is 32.2 Å². The smallest absolute Gasteiger partial charge is 0.249 e. The number of carbonyl (C=O) groups excluding carboxylic acids is 3. The second-order valence-corrected chi connectivity index (χ2v) is 5.94. The summed E-state index contributed by atoms with van der Waals surface area (Å²) in [5.74, 6) is 0.0758. The van der Waals surface area contributed by atoms with Gasteiger partial charge in [-0.3, -0.25) is 19.7 Å². The monoisotopic (exact) mass is 281 g/mol. The van der Waals surface area contributed by atoms with Gasteiger partial charge in [0.15, 0.2) is 0 Å². The van der Waals surface area contributed by atoms with Gasteiger partial charge in [-0.25, -0.2) is 0 Å². The van der Waals surface area contributed by atoms with Crippen molar-refractivity contribution >= 4 is 17.7 Å². The van der Waals surface area contributed by atoms with Gasteiger partial charge in [-0.05, 0) is 51.0 Å². The number of imide groups is 1. The highest BCUT2D eigenvalue weighted by atomic mass is 16.2. The molecule has 112 valence electrons. The third-order valence-electron chi connectivity index (χ3n) is 4.51. The van der Waals surface area contributed by atoms with E-state index in [2.05, 4.69) is 5.32 Å².